The SMILES string of the molecule is C[Si](C)(C)CCOCN(COCC[Si](C)(C)C)c1c(C2CC2)c(C2C[C@H]3CC[C@@H](C2)C3)nc2c(-c3ccc(C4=NC(F)=CC4)nc3)cnn12.C[Si](C)(C)CCOCN(COCC[Si](C)(C)C)c1c(C2CC2)c(C2C[C@H]3CC[C@@H](C2)C3)nc2c(-c3ccc(C4=NC=CC4)nc3)cnn12. The topological polar surface area (TPSA) is 154 Å². The van der Waals surface area contributed by atoms with Gasteiger partial charge in [0.1, 0.15) is 38.6 Å². The van der Waals surface area contributed by atoms with Gasteiger partial charge in [-0.05, 0) is 142 Å². The van der Waals surface area contributed by atoms with Crippen molar-refractivity contribution in [2.45, 2.75) is 229 Å². The molecule has 8 aliphatic rings. The van der Waals surface area contributed by atoms with Gasteiger partial charge in [0.2, 0.25) is 5.95 Å². The van der Waals surface area contributed by atoms with Crippen LogP contribution in [0.2, 0.25) is 103 Å². The third-order valence-electron chi connectivity index (χ3n) is 21.6. The molecule has 6 aromatic rings. The predicted octanol–water partition coefficient (Wildman–Crippen LogP) is 18.5. The number of nitrogens with zero attached hydrogens (tertiary/aromatic N) is 12. The monoisotopic (exact) mass is 1390 g/mol. The number of ether oxygens (including phenoxy) is 4. The normalized spacial score (nSPS) is 22.5. The lowest BCUT2D eigenvalue weighted by atomic mass is 9.78. The molecule has 6 aromatic heterocycles. The minimum absolute atomic E-state index is 0.436. The summed E-state index contributed by atoms with van der Waals surface area (Å²) in [5.41, 5.74) is 14.5. The summed E-state index contributed by atoms with van der Waals surface area (Å²) in [6.45, 7) is 33.9. The van der Waals surface area contributed by atoms with Crippen molar-refractivity contribution in [3.05, 3.63) is 107 Å². The molecule has 6 fully saturated rings. The van der Waals surface area contributed by atoms with Crippen LogP contribution >= 0.6 is 0 Å². The van der Waals surface area contributed by atoms with Gasteiger partial charge in [-0.3, -0.25) is 15.0 Å². The van der Waals surface area contributed by atoms with Crippen molar-refractivity contribution in [3.63, 3.8) is 0 Å². The number of aliphatic imine (C=N–C) groups is 2. The molecule has 0 spiro atoms. The van der Waals surface area contributed by atoms with Gasteiger partial charge in [-0.25, -0.2) is 15.0 Å². The maximum atomic E-state index is 13.7. The molecule has 0 radical (unpaired) electrons. The summed E-state index contributed by atoms with van der Waals surface area (Å²) in [5.74, 6) is 7.05. The Morgan fingerprint density at radius 2 is 0.856 bits per heavy atom. The van der Waals surface area contributed by atoms with E-state index in [1.807, 2.05) is 43.1 Å². The number of hydrogen-bond acceptors (Lipinski definition) is 14. The van der Waals surface area contributed by atoms with Crippen LogP contribution in [0.1, 0.15) is 160 Å². The molecule has 16 nitrogen and oxygen atoms in total. The molecule has 6 aliphatic carbocycles. The van der Waals surface area contributed by atoms with Crippen LogP contribution in [0.3, 0.4) is 0 Å². The maximum Gasteiger partial charge on any atom is 0.209 e. The molecule has 522 valence electrons. The molecular weight excluding hydrogens is 1280 g/mol. The number of allylic oxidation sites excluding steroid dienone is 2. The molecule has 4 bridgehead atoms. The molecule has 0 aromatic carbocycles. The van der Waals surface area contributed by atoms with Gasteiger partial charge in [0.05, 0.1) is 46.6 Å². The average molecular weight is 1390 g/mol. The minimum atomic E-state index is -1.24. The molecule has 0 amide bonds. The highest BCUT2D eigenvalue weighted by molar-refractivity contribution is 6.77. The van der Waals surface area contributed by atoms with Crippen molar-refractivity contribution in [2.75, 3.05) is 63.2 Å². The first-order valence-corrected chi connectivity index (χ1v) is 52.0. The van der Waals surface area contributed by atoms with E-state index in [0.717, 1.165) is 137 Å². The quantitative estimate of drug-likeness (QED) is 0.0182. The molecule has 14 rings (SSSR count). The zero-order valence-electron chi connectivity index (χ0n) is 60.6. The van der Waals surface area contributed by atoms with Crippen molar-refractivity contribution in [2.24, 2.45) is 33.7 Å². The smallest absolute Gasteiger partial charge is 0.209 e. The predicted molar refractivity (Wildman–Crippen MR) is 403 cm³/mol. The van der Waals surface area contributed by atoms with Crippen molar-refractivity contribution in [1.82, 2.24) is 39.2 Å². The van der Waals surface area contributed by atoms with Gasteiger partial charge in [-0.2, -0.15) is 23.6 Å². The van der Waals surface area contributed by atoms with E-state index < -0.39 is 38.2 Å². The Labute approximate surface area is 581 Å². The van der Waals surface area contributed by atoms with Crippen molar-refractivity contribution >= 4 is 66.6 Å². The number of hydrogen-bond donors (Lipinski definition) is 0. The number of fused-ring (bicyclic) bond motifs is 6. The summed E-state index contributed by atoms with van der Waals surface area (Å²) in [6, 6.07) is 12.8. The lowest BCUT2D eigenvalue weighted by Crippen LogP contribution is -2.34. The Morgan fingerprint density at radius 3 is 1.18 bits per heavy atom. The van der Waals surface area contributed by atoms with Crippen LogP contribution in [0.25, 0.3) is 33.5 Å². The molecule has 6 atom stereocenters. The summed E-state index contributed by atoms with van der Waals surface area (Å²) >= 11 is 0. The number of pyridine rings is 2. The summed E-state index contributed by atoms with van der Waals surface area (Å²) in [5, 5.41) is 10.2. The summed E-state index contributed by atoms with van der Waals surface area (Å²) in [4.78, 5) is 34.0. The van der Waals surface area contributed by atoms with Gasteiger partial charge in [0, 0.05) is 135 Å². The summed E-state index contributed by atoms with van der Waals surface area (Å²) in [7, 11) is -4.94. The standard InChI is InChI=1S/C38H55FN6O2Si2.C38H56N6O2Si2/c1-48(2,3)17-15-46-24-44(25-47-16-18-49(4,5)6)38-35(28-9-10-28)36(30-20-26-7-8-27(19-26)21-30)43-37-31(23-41-45(37)38)29-11-12-32(40-22-29)33-13-14-34(39)42-33;1-47(2,3)18-16-45-25-43(26-46-17-19-48(4,5)6)38-35(29-11-12-29)36(31-21-27-9-10-28(20-27)22-31)42-37-32(24-41-44(37)38)30-13-14-34(40-23-30)33-8-7-15-39-33/h11-12,14,22-23,26-28,30H,7-10,13,15-21,24-25H2,1-6H3;7,13-15,23-24,27-29,31H,8-12,16-22,25-26H2,1-6H3/t26-,27+,30?;27-,28+,31?. The third-order valence-corrected chi connectivity index (χ3v) is 28.4. The van der Waals surface area contributed by atoms with E-state index in [-0.39, 0.29) is 0 Å². The van der Waals surface area contributed by atoms with E-state index in [0.29, 0.717) is 68.4 Å². The fourth-order valence-electron chi connectivity index (χ4n) is 15.7. The molecular formula is C76H111FN12O4Si4. The largest absolute Gasteiger partial charge is 0.361 e. The van der Waals surface area contributed by atoms with E-state index in [4.69, 9.17) is 49.1 Å². The van der Waals surface area contributed by atoms with Gasteiger partial charge in [0.25, 0.3) is 0 Å². The number of aromatic nitrogens is 8. The van der Waals surface area contributed by atoms with Crippen LogP contribution in [0.5, 0.6) is 0 Å². The first kappa shape index (κ1) is 70.1. The van der Waals surface area contributed by atoms with E-state index >= 15 is 0 Å². The lowest BCUT2D eigenvalue weighted by Gasteiger charge is -2.33. The Hall–Kier alpha value is -5.40. The second-order valence-electron chi connectivity index (χ2n) is 34.8. The molecule has 97 heavy (non-hydrogen) atoms. The molecule has 21 heteroatoms. The van der Waals surface area contributed by atoms with Crippen LogP contribution in [-0.4, -0.2) is 136 Å². The van der Waals surface area contributed by atoms with E-state index in [1.165, 1.54) is 118 Å². The molecule has 2 unspecified atom stereocenters. The highest BCUT2D eigenvalue weighted by Crippen LogP contribution is 2.56. The van der Waals surface area contributed by atoms with Crippen molar-refractivity contribution < 1.29 is 23.3 Å². The molecule has 2 aliphatic heterocycles. The highest BCUT2D eigenvalue weighted by Gasteiger charge is 2.44. The zero-order chi connectivity index (χ0) is 67.8. The van der Waals surface area contributed by atoms with Gasteiger partial charge in [-0.1, -0.05) is 122 Å². The van der Waals surface area contributed by atoms with Crippen LogP contribution in [0.4, 0.5) is 16.0 Å². The molecule has 0 N–H and O–H groups in total. The second kappa shape index (κ2) is 29.7. The van der Waals surface area contributed by atoms with Gasteiger partial charge < -0.3 is 28.7 Å². The van der Waals surface area contributed by atoms with E-state index in [2.05, 4.69) is 126 Å². The van der Waals surface area contributed by atoms with Crippen LogP contribution in [-0.2, 0) is 18.9 Å². The highest BCUT2D eigenvalue weighted by atomic mass is 28.3. The zero-order valence-corrected chi connectivity index (χ0v) is 64.6. The van der Waals surface area contributed by atoms with Gasteiger partial charge >= 0.3 is 0 Å². The lowest BCUT2D eigenvalue weighted by molar-refractivity contribution is 0.0938. The maximum absolute atomic E-state index is 13.7. The molecule has 0 saturated heterocycles. The number of anilines is 2. The number of rotatable bonds is 30. The Bertz CT molecular complexity index is 3790. The van der Waals surface area contributed by atoms with Crippen LogP contribution < -0.4 is 9.80 Å². The second-order valence-corrected chi connectivity index (χ2v) is 57.3. The van der Waals surface area contributed by atoms with E-state index in [9.17, 15) is 4.39 Å². The third kappa shape index (κ3) is 17.7. The summed E-state index contributed by atoms with van der Waals surface area (Å²) in [6.07, 6.45) is 32.6. The van der Waals surface area contributed by atoms with Crippen LogP contribution in [0, 0.1) is 23.7 Å². The molecule has 8 heterocycles. The van der Waals surface area contributed by atoms with E-state index in [1.54, 1.807) is 0 Å². The van der Waals surface area contributed by atoms with Gasteiger partial charge in [-0.15, -0.1) is 0 Å². The average Bonchev–Trinajstić information content (AvgIpc) is 1.30. The molecule has 6 saturated carbocycles. The Morgan fingerprint density at radius 1 is 0.464 bits per heavy atom. The first-order chi connectivity index (χ1) is 46.4. The summed E-state index contributed by atoms with van der Waals surface area (Å²) < 4.78 is 43.9. The van der Waals surface area contributed by atoms with Gasteiger partial charge in [0.15, 0.2) is 11.3 Å². The first-order valence-electron chi connectivity index (χ1n) is 37.2. The van der Waals surface area contributed by atoms with Crippen LogP contribution in [0.15, 0.2) is 83.3 Å². The minimum Gasteiger partial charge on any atom is -0.361 e. The number of halogens is 1. The fraction of sp³-hybridized carbons (Fsp3) is 0.632. The van der Waals surface area contributed by atoms with Crippen molar-refractivity contribution in [3.8, 4) is 22.3 Å². The Kier molecular flexibility index (Phi) is 21.4. The van der Waals surface area contributed by atoms with Crippen molar-refractivity contribution in [1.29, 1.82) is 0 Å². The Balaban J connectivity index is 0.000000175. The fourth-order valence-corrected chi connectivity index (χ4v) is 18.7.